The first-order valence-corrected chi connectivity index (χ1v) is 6.55. The number of aliphatic hydroxyl groups is 2. The van der Waals surface area contributed by atoms with Gasteiger partial charge in [-0.2, -0.15) is 11.3 Å². The van der Waals surface area contributed by atoms with E-state index < -0.39 is 0 Å². The van der Waals surface area contributed by atoms with E-state index in [0.717, 1.165) is 32.8 Å². The van der Waals surface area contributed by atoms with Crippen LogP contribution in [0.15, 0.2) is 16.8 Å². The predicted octanol–water partition coefficient (Wildman–Crippen LogP) is 1.71. The van der Waals surface area contributed by atoms with Crippen LogP contribution in [-0.4, -0.2) is 30.5 Å². The van der Waals surface area contributed by atoms with E-state index in [0.29, 0.717) is 0 Å². The van der Waals surface area contributed by atoms with Gasteiger partial charge in [0.25, 0.3) is 0 Å². The zero-order chi connectivity index (χ0) is 12.0. The summed E-state index contributed by atoms with van der Waals surface area (Å²) in [5.74, 6) is 0. The highest BCUT2D eigenvalue weighted by Gasteiger charge is 2.34. The molecule has 92 valence electrons. The van der Waals surface area contributed by atoms with E-state index in [2.05, 4.69) is 22.1 Å². The fraction of sp³-hybridized carbons (Fsp3) is 0.667. The number of thiophene rings is 1. The van der Waals surface area contributed by atoms with Crippen LogP contribution in [0.3, 0.4) is 0 Å². The van der Waals surface area contributed by atoms with Crippen LogP contribution in [0.2, 0.25) is 0 Å². The monoisotopic (exact) mass is 243 g/mol. The second kappa shape index (κ2) is 6.35. The van der Waals surface area contributed by atoms with Crippen LogP contribution in [0.1, 0.15) is 31.2 Å². The lowest BCUT2D eigenvalue weighted by Crippen LogP contribution is -2.43. The molecule has 1 aliphatic rings. The molecule has 0 radical (unpaired) electrons. The number of nitrogens with one attached hydrogen (secondary N) is 1. The Kier molecular flexibility index (Phi) is 5.41. The van der Waals surface area contributed by atoms with Gasteiger partial charge in [0, 0.05) is 12.6 Å². The maximum Gasteiger partial charge on any atom is 0.0541 e. The minimum atomic E-state index is -0.0879. The lowest BCUT2D eigenvalue weighted by molar-refractivity contribution is 0.0858. The highest BCUT2D eigenvalue weighted by Crippen LogP contribution is 2.37. The fourth-order valence-corrected chi connectivity index (χ4v) is 3.07. The summed E-state index contributed by atoms with van der Waals surface area (Å²) in [4.78, 5) is 0. The molecule has 0 unspecified atom stereocenters. The van der Waals surface area contributed by atoms with Crippen LogP contribution in [0, 0.1) is 0 Å². The number of hydrogen-bond acceptors (Lipinski definition) is 4. The quantitative estimate of drug-likeness (QED) is 0.741. The summed E-state index contributed by atoms with van der Waals surface area (Å²) in [5, 5.41) is 24.3. The minimum absolute atomic E-state index is 0.0879. The first-order chi connectivity index (χ1) is 7.77. The maximum absolute atomic E-state index is 9.51. The lowest BCUT2D eigenvalue weighted by Gasteiger charge is -2.38. The molecular formula is C12H21NO2S. The third-order valence-corrected chi connectivity index (χ3v) is 4.04. The van der Waals surface area contributed by atoms with Crippen LogP contribution < -0.4 is 5.32 Å². The minimum Gasteiger partial charge on any atom is -0.400 e. The zero-order valence-electron chi connectivity index (χ0n) is 9.94. The Hall–Kier alpha value is -0.420. The first-order valence-electron chi connectivity index (χ1n) is 5.61. The topological polar surface area (TPSA) is 52.5 Å². The molecule has 0 aromatic carbocycles. The Bertz CT molecular complexity index is 279. The molecule has 1 aromatic rings. The van der Waals surface area contributed by atoms with Crippen molar-refractivity contribution in [2.24, 2.45) is 0 Å². The molecule has 3 nitrogen and oxygen atoms in total. The Morgan fingerprint density at radius 1 is 1.38 bits per heavy atom. The molecule has 1 saturated carbocycles. The molecule has 1 fully saturated rings. The van der Waals surface area contributed by atoms with Crippen LogP contribution >= 0.6 is 11.3 Å². The van der Waals surface area contributed by atoms with Gasteiger partial charge in [0.2, 0.25) is 0 Å². The normalized spacial score (nSPS) is 29.4. The van der Waals surface area contributed by atoms with Gasteiger partial charge in [-0.05, 0) is 55.1 Å². The number of aliphatic hydroxyl groups excluding tert-OH is 2. The summed E-state index contributed by atoms with van der Waals surface area (Å²) in [6.07, 6.45) is 3.83. The van der Waals surface area contributed by atoms with Crippen molar-refractivity contribution in [1.29, 1.82) is 0 Å². The summed E-state index contributed by atoms with van der Waals surface area (Å²) in [7, 11) is 3.02. The third-order valence-electron chi connectivity index (χ3n) is 3.36. The van der Waals surface area contributed by atoms with Crippen molar-refractivity contribution in [3.8, 4) is 0 Å². The van der Waals surface area contributed by atoms with Crippen LogP contribution in [0.5, 0.6) is 0 Å². The molecule has 0 saturated heterocycles. The van der Waals surface area contributed by atoms with E-state index in [1.165, 1.54) is 5.56 Å². The Morgan fingerprint density at radius 3 is 2.44 bits per heavy atom. The fourth-order valence-electron chi connectivity index (χ4n) is 2.32. The molecular weight excluding hydrogens is 222 g/mol. The molecule has 16 heavy (non-hydrogen) atoms. The molecule has 1 aliphatic carbocycles. The summed E-state index contributed by atoms with van der Waals surface area (Å²) in [5.41, 5.74) is 1.51. The van der Waals surface area contributed by atoms with Gasteiger partial charge in [0.1, 0.15) is 0 Å². The van der Waals surface area contributed by atoms with Crippen molar-refractivity contribution in [2.45, 2.75) is 37.3 Å². The molecule has 0 bridgehead atoms. The van der Waals surface area contributed by atoms with E-state index in [1.807, 2.05) is 7.05 Å². The highest BCUT2D eigenvalue weighted by molar-refractivity contribution is 7.08. The SMILES string of the molecule is CNC1(c2ccsc2)CCC(O)CC1.CO. The highest BCUT2D eigenvalue weighted by atomic mass is 32.1. The van der Waals surface area contributed by atoms with E-state index in [4.69, 9.17) is 5.11 Å². The third kappa shape index (κ3) is 2.83. The van der Waals surface area contributed by atoms with Gasteiger partial charge in [-0.15, -0.1) is 0 Å². The molecule has 0 aliphatic heterocycles. The van der Waals surface area contributed by atoms with Crippen molar-refractivity contribution in [2.75, 3.05) is 14.2 Å². The van der Waals surface area contributed by atoms with Crippen molar-refractivity contribution in [3.05, 3.63) is 22.4 Å². The van der Waals surface area contributed by atoms with Gasteiger partial charge < -0.3 is 15.5 Å². The molecule has 1 aromatic heterocycles. The Morgan fingerprint density at radius 2 is 2.00 bits per heavy atom. The molecule has 4 heteroatoms. The summed E-state index contributed by atoms with van der Waals surface area (Å²) in [6, 6.07) is 2.19. The van der Waals surface area contributed by atoms with E-state index >= 15 is 0 Å². The number of rotatable bonds is 2. The van der Waals surface area contributed by atoms with Crippen LogP contribution in [0.25, 0.3) is 0 Å². The van der Waals surface area contributed by atoms with Gasteiger partial charge in [0.05, 0.1) is 6.10 Å². The van der Waals surface area contributed by atoms with Gasteiger partial charge in [-0.1, -0.05) is 0 Å². The molecule has 3 N–H and O–H groups in total. The van der Waals surface area contributed by atoms with E-state index in [1.54, 1.807) is 11.3 Å². The average Bonchev–Trinajstić information content (AvgIpc) is 2.87. The maximum atomic E-state index is 9.51. The average molecular weight is 243 g/mol. The van der Waals surface area contributed by atoms with E-state index in [9.17, 15) is 5.11 Å². The number of hydrogen-bond donors (Lipinski definition) is 3. The van der Waals surface area contributed by atoms with Crippen molar-refractivity contribution in [1.82, 2.24) is 5.32 Å². The van der Waals surface area contributed by atoms with E-state index in [-0.39, 0.29) is 11.6 Å². The van der Waals surface area contributed by atoms with Gasteiger partial charge in [-0.3, -0.25) is 0 Å². The summed E-state index contributed by atoms with van der Waals surface area (Å²) in [6.45, 7) is 0. The largest absolute Gasteiger partial charge is 0.400 e. The molecule has 0 atom stereocenters. The molecule has 2 rings (SSSR count). The van der Waals surface area contributed by atoms with Crippen molar-refractivity contribution < 1.29 is 10.2 Å². The molecule has 0 amide bonds. The molecule has 1 heterocycles. The zero-order valence-corrected chi connectivity index (χ0v) is 10.8. The summed E-state index contributed by atoms with van der Waals surface area (Å²) < 4.78 is 0. The predicted molar refractivity (Wildman–Crippen MR) is 67.7 cm³/mol. The second-order valence-corrected chi connectivity index (χ2v) is 4.86. The van der Waals surface area contributed by atoms with Crippen molar-refractivity contribution in [3.63, 3.8) is 0 Å². The smallest absolute Gasteiger partial charge is 0.0541 e. The van der Waals surface area contributed by atoms with Crippen LogP contribution in [-0.2, 0) is 5.54 Å². The van der Waals surface area contributed by atoms with Gasteiger partial charge in [0.15, 0.2) is 0 Å². The van der Waals surface area contributed by atoms with Gasteiger partial charge >= 0.3 is 0 Å². The second-order valence-electron chi connectivity index (χ2n) is 4.08. The Balaban J connectivity index is 0.000000606. The Labute approximate surface area is 101 Å². The lowest BCUT2D eigenvalue weighted by atomic mass is 9.77. The van der Waals surface area contributed by atoms with Crippen LogP contribution in [0.4, 0.5) is 0 Å². The standard InChI is InChI=1S/C11H17NOS.CH4O/c1-12-11(9-4-7-14-8-9)5-2-10(13)3-6-11;1-2/h4,7-8,10,12-13H,2-3,5-6H2,1H3;2H,1H3. The molecule has 0 spiro atoms. The van der Waals surface area contributed by atoms with Crippen molar-refractivity contribution >= 4 is 11.3 Å². The first kappa shape index (κ1) is 13.6. The van der Waals surface area contributed by atoms with Gasteiger partial charge in [-0.25, -0.2) is 0 Å². The summed E-state index contributed by atoms with van der Waals surface area (Å²) >= 11 is 1.75.